The van der Waals surface area contributed by atoms with Crippen molar-refractivity contribution < 1.29 is 23.9 Å². The zero-order valence-corrected chi connectivity index (χ0v) is 13.5. The zero-order valence-electron chi connectivity index (χ0n) is 13.5. The average molecular weight is 340 g/mol. The molecule has 7 nitrogen and oxygen atoms in total. The minimum atomic E-state index is -0.524. The van der Waals surface area contributed by atoms with E-state index in [1.165, 1.54) is 7.11 Å². The molecule has 128 valence electrons. The molecule has 0 bridgehead atoms. The number of methoxy groups -OCH3 is 1. The lowest BCUT2D eigenvalue weighted by molar-refractivity contribution is -0.118. The number of carbonyl (C=O) groups excluding carboxylic acids is 3. The molecular formula is C18H16N2O5. The van der Waals surface area contributed by atoms with Crippen molar-refractivity contribution in [2.75, 3.05) is 24.4 Å². The number of hydrogen-bond donors (Lipinski definition) is 2. The fraction of sp³-hybridized carbons (Fsp3) is 0.167. The van der Waals surface area contributed by atoms with Gasteiger partial charge in [0.1, 0.15) is 5.75 Å². The molecule has 1 aliphatic rings. The standard InChI is InChI=1S/C18H16N2O5/c1-24-18(23)12-4-2-3-5-13(12)19-16(21)9-11-6-7-15-14(8-11)20-17(22)10-25-15/h2-8H,9-10H2,1H3,(H,19,21)(H,20,22). The summed E-state index contributed by atoms with van der Waals surface area (Å²) in [4.78, 5) is 35.4. The Bertz CT molecular complexity index is 847. The maximum Gasteiger partial charge on any atom is 0.339 e. The summed E-state index contributed by atoms with van der Waals surface area (Å²) >= 11 is 0. The van der Waals surface area contributed by atoms with Crippen LogP contribution >= 0.6 is 0 Å². The number of nitrogens with one attached hydrogen (secondary N) is 2. The van der Waals surface area contributed by atoms with Crippen molar-refractivity contribution in [1.29, 1.82) is 0 Å². The van der Waals surface area contributed by atoms with E-state index in [4.69, 9.17) is 9.47 Å². The van der Waals surface area contributed by atoms with Gasteiger partial charge in [0.15, 0.2) is 6.61 Å². The molecule has 0 saturated carbocycles. The molecule has 0 aliphatic carbocycles. The third-order valence-corrected chi connectivity index (χ3v) is 3.65. The molecular weight excluding hydrogens is 324 g/mol. The second-order valence-electron chi connectivity index (χ2n) is 5.43. The van der Waals surface area contributed by atoms with Crippen LogP contribution in [0.1, 0.15) is 15.9 Å². The largest absolute Gasteiger partial charge is 0.482 e. The molecule has 2 aromatic rings. The zero-order chi connectivity index (χ0) is 17.8. The van der Waals surface area contributed by atoms with E-state index in [2.05, 4.69) is 10.6 Å². The van der Waals surface area contributed by atoms with Gasteiger partial charge in [-0.05, 0) is 29.8 Å². The van der Waals surface area contributed by atoms with Crippen LogP contribution in [-0.2, 0) is 20.7 Å². The van der Waals surface area contributed by atoms with Gasteiger partial charge < -0.3 is 20.1 Å². The van der Waals surface area contributed by atoms with E-state index in [0.29, 0.717) is 22.7 Å². The number of esters is 1. The first-order valence-corrected chi connectivity index (χ1v) is 7.59. The van der Waals surface area contributed by atoms with E-state index in [1.54, 1.807) is 42.5 Å². The van der Waals surface area contributed by atoms with Crippen molar-refractivity contribution in [3.05, 3.63) is 53.6 Å². The molecule has 0 saturated heterocycles. The van der Waals surface area contributed by atoms with Gasteiger partial charge in [-0.15, -0.1) is 0 Å². The van der Waals surface area contributed by atoms with Crippen LogP contribution in [0, 0.1) is 0 Å². The Labute approximate surface area is 143 Å². The molecule has 0 atom stereocenters. The molecule has 2 aromatic carbocycles. The van der Waals surface area contributed by atoms with Crippen molar-refractivity contribution in [3.8, 4) is 5.75 Å². The van der Waals surface area contributed by atoms with Gasteiger partial charge in [0.05, 0.1) is 30.5 Å². The Hall–Kier alpha value is -3.35. The first-order valence-electron chi connectivity index (χ1n) is 7.59. The van der Waals surface area contributed by atoms with Crippen LogP contribution in [0.5, 0.6) is 5.75 Å². The molecule has 0 radical (unpaired) electrons. The lowest BCUT2D eigenvalue weighted by Gasteiger charge is -2.18. The predicted octanol–water partition coefficient (Wildman–Crippen LogP) is 1.99. The first kappa shape index (κ1) is 16.5. The first-order chi connectivity index (χ1) is 12.1. The number of ether oxygens (including phenoxy) is 2. The molecule has 1 heterocycles. The fourth-order valence-electron chi connectivity index (χ4n) is 2.50. The van der Waals surface area contributed by atoms with E-state index in [9.17, 15) is 14.4 Å². The average Bonchev–Trinajstić information content (AvgIpc) is 2.61. The molecule has 0 spiro atoms. The number of para-hydroxylation sites is 1. The summed E-state index contributed by atoms with van der Waals surface area (Å²) in [5, 5.41) is 5.40. The Morgan fingerprint density at radius 3 is 2.84 bits per heavy atom. The van der Waals surface area contributed by atoms with Gasteiger partial charge in [-0.3, -0.25) is 9.59 Å². The van der Waals surface area contributed by atoms with Crippen molar-refractivity contribution in [1.82, 2.24) is 0 Å². The number of fused-ring (bicyclic) bond motifs is 1. The van der Waals surface area contributed by atoms with E-state index < -0.39 is 5.97 Å². The topological polar surface area (TPSA) is 93.7 Å². The normalized spacial score (nSPS) is 12.4. The Morgan fingerprint density at radius 1 is 1.24 bits per heavy atom. The molecule has 2 amide bonds. The summed E-state index contributed by atoms with van der Waals surface area (Å²) in [5.41, 5.74) is 1.91. The highest BCUT2D eigenvalue weighted by Gasteiger charge is 2.17. The summed E-state index contributed by atoms with van der Waals surface area (Å²) in [6.07, 6.45) is 0.0820. The SMILES string of the molecule is COC(=O)c1ccccc1NC(=O)Cc1ccc2c(c1)NC(=O)CO2. The van der Waals surface area contributed by atoms with Crippen molar-refractivity contribution in [3.63, 3.8) is 0 Å². The Morgan fingerprint density at radius 2 is 2.04 bits per heavy atom. The van der Waals surface area contributed by atoms with Crippen LogP contribution in [0.4, 0.5) is 11.4 Å². The number of carbonyl (C=O) groups is 3. The maximum atomic E-state index is 12.3. The lowest BCUT2D eigenvalue weighted by Crippen LogP contribution is -2.25. The quantitative estimate of drug-likeness (QED) is 0.830. The van der Waals surface area contributed by atoms with E-state index in [-0.39, 0.29) is 30.4 Å². The minimum Gasteiger partial charge on any atom is -0.482 e. The molecule has 1 aliphatic heterocycles. The predicted molar refractivity (Wildman–Crippen MR) is 90.7 cm³/mol. The van der Waals surface area contributed by atoms with E-state index >= 15 is 0 Å². The summed E-state index contributed by atoms with van der Waals surface area (Å²) in [6, 6.07) is 11.8. The maximum absolute atomic E-state index is 12.3. The molecule has 2 N–H and O–H groups in total. The van der Waals surface area contributed by atoms with E-state index in [0.717, 1.165) is 0 Å². The van der Waals surface area contributed by atoms with Gasteiger partial charge in [-0.25, -0.2) is 4.79 Å². The number of benzene rings is 2. The molecule has 7 heteroatoms. The second-order valence-corrected chi connectivity index (χ2v) is 5.43. The van der Waals surface area contributed by atoms with Crippen molar-refractivity contribution in [2.45, 2.75) is 6.42 Å². The summed E-state index contributed by atoms with van der Waals surface area (Å²) < 4.78 is 9.99. The van der Waals surface area contributed by atoms with Gasteiger partial charge in [0, 0.05) is 0 Å². The van der Waals surface area contributed by atoms with Crippen LogP contribution in [0.25, 0.3) is 0 Å². The number of rotatable bonds is 4. The molecule has 0 aromatic heterocycles. The number of anilines is 2. The lowest BCUT2D eigenvalue weighted by atomic mass is 10.1. The van der Waals surface area contributed by atoms with Crippen LogP contribution < -0.4 is 15.4 Å². The third-order valence-electron chi connectivity index (χ3n) is 3.65. The smallest absolute Gasteiger partial charge is 0.339 e. The second kappa shape index (κ2) is 7.04. The van der Waals surface area contributed by atoms with Gasteiger partial charge in [-0.2, -0.15) is 0 Å². The van der Waals surface area contributed by atoms with Crippen LogP contribution in [0.15, 0.2) is 42.5 Å². The Kier molecular flexibility index (Phi) is 4.65. The minimum absolute atomic E-state index is 0.0167. The van der Waals surface area contributed by atoms with Crippen LogP contribution in [0.3, 0.4) is 0 Å². The van der Waals surface area contributed by atoms with Gasteiger partial charge in [0.2, 0.25) is 5.91 Å². The monoisotopic (exact) mass is 340 g/mol. The third kappa shape index (κ3) is 3.77. The Balaban J connectivity index is 1.73. The van der Waals surface area contributed by atoms with Crippen molar-refractivity contribution >= 4 is 29.2 Å². The summed E-state index contributed by atoms with van der Waals surface area (Å²) in [5.74, 6) is -0.482. The van der Waals surface area contributed by atoms with Crippen LogP contribution in [0.2, 0.25) is 0 Å². The highest BCUT2D eigenvalue weighted by molar-refractivity contribution is 6.02. The molecule has 0 unspecified atom stereocenters. The number of amides is 2. The van der Waals surface area contributed by atoms with Crippen LogP contribution in [-0.4, -0.2) is 31.5 Å². The summed E-state index contributed by atoms with van der Waals surface area (Å²) in [7, 11) is 1.28. The van der Waals surface area contributed by atoms with Crippen molar-refractivity contribution in [2.24, 2.45) is 0 Å². The van der Waals surface area contributed by atoms with Gasteiger partial charge in [-0.1, -0.05) is 18.2 Å². The molecule has 3 rings (SSSR count). The van der Waals surface area contributed by atoms with Gasteiger partial charge >= 0.3 is 5.97 Å². The highest BCUT2D eigenvalue weighted by atomic mass is 16.5. The summed E-state index contributed by atoms with van der Waals surface area (Å²) in [6.45, 7) is -0.0167. The highest BCUT2D eigenvalue weighted by Crippen LogP contribution is 2.28. The van der Waals surface area contributed by atoms with E-state index in [1.807, 2.05) is 0 Å². The molecule has 25 heavy (non-hydrogen) atoms. The van der Waals surface area contributed by atoms with Gasteiger partial charge in [0.25, 0.3) is 5.91 Å². The molecule has 0 fully saturated rings. The number of hydrogen-bond acceptors (Lipinski definition) is 5. The fourth-order valence-corrected chi connectivity index (χ4v) is 2.50.